The molecule has 0 radical (unpaired) electrons. The Morgan fingerprint density at radius 1 is 1.33 bits per heavy atom. The molecule has 0 aromatic heterocycles. The first-order valence-electron chi connectivity index (χ1n) is 4.13. The summed E-state index contributed by atoms with van der Waals surface area (Å²) in [5.74, 6) is 0. The van der Waals surface area contributed by atoms with E-state index in [9.17, 15) is 0 Å². The topological polar surface area (TPSA) is 12.4 Å². The zero-order chi connectivity index (χ0) is 8.39. The third-order valence-corrected chi connectivity index (χ3v) is 2.16. The molecule has 0 aromatic rings. The van der Waals surface area contributed by atoms with E-state index in [0.29, 0.717) is 0 Å². The number of aliphatic imine (C=N–C) groups is 1. The molecule has 0 atom stereocenters. The number of nitrogens with zero attached hydrogens (tertiary/aromatic N) is 1. The quantitative estimate of drug-likeness (QED) is 0.512. The van der Waals surface area contributed by atoms with Crippen LogP contribution in [0.4, 0.5) is 0 Å². The van der Waals surface area contributed by atoms with E-state index in [0.717, 1.165) is 6.42 Å². The first-order valence-corrected chi connectivity index (χ1v) is 4.13. The minimum atomic E-state index is 1.01. The summed E-state index contributed by atoms with van der Waals surface area (Å²) in [5.41, 5.74) is 3.98. The molecule has 1 heteroatoms. The Hall–Kier alpha value is -1.37. The Balaban J connectivity index is 2.51. The minimum absolute atomic E-state index is 1.01. The van der Waals surface area contributed by atoms with Gasteiger partial charge in [-0.3, -0.25) is 4.99 Å². The molecule has 0 saturated heterocycles. The van der Waals surface area contributed by atoms with E-state index >= 15 is 0 Å². The summed E-state index contributed by atoms with van der Waals surface area (Å²) in [6.45, 7) is 2.14. The highest BCUT2D eigenvalue weighted by Crippen LogP contribution is 2.21. The summed E-state index contributed by atoms with van der Waals surface area (Å²) in [6, 6.07) is 0. The minimum Gasteiger partial charge on any atom is -0.264 e. The van der Waals surface area contributed by atoms with E-state index in [4.69, 9.17) is 0 Å². The van der Waals surface area contributed by atoms with Gasteiger partial charge in [-0.1, -0.05) is 18.2 Å². The van der Waals surface area contributed by atoms with Crippen LogP contribution in [0.25, 0.3) is 0 Å². The predicted molar refractivity (Wildman–Crippen MR) is 52.2 cm³/mol. The van der Waals surface area contributed by atoms with Gasteiger partial charge in [0.15, 0.2) is 0 Å². The van der Waals surface area contributed by atoms with E-state index in [1.807, 2.05) is 12.4 Å². The molecular weight excluding hydrogens is 146 g/mol. The molecule has 60 valence electrons. The first kappa shape index (κ1) is 7.29. The van der Waals surface area contributed by atoms with E-state index in [2.05, 4.69) is 36.2 Å². The molecule has 2 aliphatic rings. The Morgan fingerprint density at radius 3 is 3.17 bits per heavy atom. The number of rotatable bonds is 0. The molecule has 0 aromatic carbocycles. The van der Waals surface area contributed by atoms with Crippen molar-refractivity contribution in [3.05, 3.63) is 47.2 Å². The number of hydrogen-bond acceptors (Lipinski definition) is 1. The highest BCUT2D eigenvalue weighted by Gasteiger charge is 2.04. The Bertz CT molecular complexity index is 338. The molecule has 0 unspecified atom stereocenters. The van der Waals surface area contributed by atoms with Gasteiger partial charge in [0.1, 0.15) is 0 Å². The van der Waals surface area contributed by atoms with Crippen LogP contribution < -0.4 is 0 Å². The van der Waals surface area contributed by atoms with Gasteiger partial charge < -0.3 is 0 Å². The van der Waals surface area contributed by atoms with Crippen molar-refractivity contribution in [2.24, 2.45) is 4.99 Å². The van der Waals surface area contributed by atoms with Crippen LogP contribution in [0.15, 0.2) is 52.2 Å². The smallest absolute Gasteiger partial charge is 0.0303 e. The summed E-state index contributed by atoms with van der Waals surface area (Å²) in [5, 5.41) is 0. The van der Waals surface area contributed by atoms with Crippen LogP contribution >= 0.6 is 0 Å². The Morgan fingerprint density at radius 2 is 2.25 bits per heavy atom. The van der Waals surface area contributed by atoms with Crippen molar-refractivity contribution < 1.29 is 0 Å². The molecule has 0 N–H and O–H groups in total. The maximum atomic E-state index is 4.15. The highest BCUT2D eigenvalue weighted by molar-refractivity contribution is 5.81. The van der Waals surface area contributed by atoms with E-state index in [1.165, 1.54) is 16.7 Å². The summed E-state index contributed by atoms with van der Waals surface area (Å²) in [7, 11) is 0. The van der Waals surface area contributed by atoms with Crippen LogP contribution in [-0.2, 0) is 0 Å². The lowest BCUT2D eigenvalue weighted by molar-refractivity contribution is 1.22. The van der Waals surface area contributed by atoms with E-state index in [-0.39, 0.29) is 0 Å². The van der Waals surface area contributed by atoms with Crippen molar-refractivity contribution in [2.45, 2.75) is 13.3 Å². The average Bonchev–Trinajstić information content (AvgIpc) is 2.38. The van der Waals surface area contributed by atoms with Gasteiger partial charge in [0.25, 0.3) is 0 Å². The Labute approximate surface area is 72.5 Å². The van der Waals surface area contributed by atoms with Crippen LogP contribution in [0.5, 0.6) is 0 Å². The fourth-order valence-electron chi connectivity index (χ4n) is 1.39. The second-order valence-electron chi connectivity index (χ2n) is 3.08. The lowest BCUT2D eigenvalue weighted by Crippen LogP contribution is -1.85. The van der Waals surface area contributed by atoms with Crippen molar-refractivity contribution in [2.75, 3.05) is 0 Å². The number of fused-ring (bicyclic) bond motifs is 2. The van der Waals surface area contributed by atoms with Gasteiger partial charge in [-0.2, -0.15) is 0 Å². The molecule has 1 aliphatic carbocycles. The summed E-state index contributed by atoms with van der Waals surface area (Å²) in [6.07, 6.45) is 13.2. The SMILES string of the molecule is CC1=C2C=CN=CC(=CC=C1)C2. The fraction of sp³-hybridized carbons (Fsp3) is 0.182. The molecule has 2 rings (SSSR count). The highest BCUT2D eigenvalue weighted by atomic mass is 14.7. The van der Waals surface area contributed by atoms with Crippen LogP contribution in [0.3, 0.4) is 0 Å². The van der Waals surface area contributed by atoms with Gasteiger partial charge >= 0.3 is 0 Å². The molecule has 1 aliphatic heterocycles. The van der Waals surface area contributed by atoms with E-state index < -0.39 is 0 Å². The van der Waals surface area contributed by atoms with Gasteiger partial charge in [-0.05, 0) is 36.1 Å². The maximum absolute atomic E-state index is 4.15. The third kappa shape index (κ3) is 1.30. The van der Waals surface area contributed by atoms with Crippen molar-refractivity contribution in [1.29, 1.82) is 0 Å². The molecule has 2 bridgehead atoms. The summed E-state index contributed by atoms with van der Waals surface area (Å²) in [4.78, 5) is 4.15. The molecule has 1 heterocycles. The van der Waals surface area contributed by atoms with E-state index in [1.54, 1.807) is 0 Å². The fourth-order valence-corrected chi connectivity index (χ4v) is 1.39. The molecule has 0 fully saturated rings. The van der Waals surface area contributed by atoms with Gasteiger partial charge in [-0.25, -0.2) is 0 Å². The molecule has 0 amide bonds. The lowest BCUT2D eigenvalue weighted by Gasteiger charge is -2.00. The number of hydrogen-bond donors (Lipinski definition) is 0. The average molecular weight is 157 g/mol. The molecule has 0 spiro atoms. The second-order valence-corrected chi connectivity index (χ2v) is 3.08. The molecular formula is C11H11N. The van der Waals surface area contributed by atoms with Crippen molar-refractivity contribution in [3.63, 3.8) is 0 Å². The lowest BCUT2D eigenvalue weighted by atomic mass is 10.0. The zero-order valence-electron chi connectivity index (χ0n) is 7.12. The van der Waals surface area contributed by atoms with Gasteiger partial charge in [-0.15, -0.1) is 0 Å². The van der Waals surface area contributed by atoms with Crippen molar-refractivity contribution in [3.8, 4) is 0 Å². The van der Waals surface area contributed by atoms with Crippen molar-refractivity contribution in [1.82, 2.24) is 0 Å². The summed E-state index contributed by atoms with van der Waals surface area (Å²) < 4.78 is 0. The van der Waals surface area contributed by atoms with Gasteiger partial charge in [0.05, 0.1) is 0 Å². The normalized spacial score (nSPS) is 20.6. The Kier molecular flexibility index (Phi) is 1.78. The summed E-state index contributed by atoms with van der Waals surface area (Å²) >= 11 is 0. The standard InChI is InChI=1S/C11H11N/c1-9-3-2-4-10-7-11(9)5-6-12-8-10/h2-6,8H,7H2,1H3. The van der Waals surface area contributed by atoms with Crippen LogP contribution in [0.1, 0.15) is 13.3 Å². The number of allylic oxidation sites excluding steroid dienone is 7. The zero-order valence-corrected chi connectivity index (χ0v) is 7.12. The first-order chi connectivity index (χ1) is 5.86. The van der Waals surface area contributed by atoms with Crippen LogP contribution in [0, 0.1) is 0 Å². The van der Waals surface area contributed by atoms with Crippen LogP contribution in [-0.4, -0.2) is 6.21 Å². The largest absolute Gasteiger partial charge is 0.264 e. The van der Waals surface area contributed by atoms with Crippen LogP contribution in [0.2, 0.25) is 0 Å². The molecule has 12 heavy (non-hydrogen) atoms. The van der Waals surface area contributed by atoms with Crippen molar-refractivity contribution >= 4 is 6.21 Å². The van der Waals surface area contributed by atoms with Gasteiger partial charge in [0.2, 0.25) is 0 Å². The molecule has 1 nitrogen and oxygen atoms in total. The maximum Gasteiger partial charge on any atom is 0.0303 e. The van der Waals surface area contributed by atoms with Gasteiger partial charge in [0, 0.05) is 12.4 Å². The third-order valence-electron chi connectivity index (χ3n) is 2.16. The monoisotopic (exact) mass is 157 g/mol. The molecule has 0 saturated carbocycles. The second kappa shape index (κ2) is 2.94. The predicted octanol–water partition coefficient (Wildman–Crippen LogP) is 2.79.